The molecular weight excluding hydrogens is 374 g/mol. The number of nitrogens with zero attached hydrogens (tertiary/aromatic N) is 2. The van der Waals surface area contributed by atoms with Crippen molar-refractivity contribution in [3.8, 4) is 0 Å². The Kier molecular flexibility index (Phi) is 6.02. The highest BCUT2D eigenvalue weighted by atomic mass is 16.2. The molecule has 1 aliphatic heterocycles. The minimum absolute atomic E-state index is 0.0308. The van der Waals surface area contributed by atoms with Gasteiger partial charge in [0, 0.05) is 19.3 Å². The third-order valence-corrected chi connectivity index (χ3v) is 6.53. The minimum Gasteiger partial charge on any atom is -0.367 e. The number of likely N-dealkylation sites (N-methyl/N-ethyl adjacent to an activating group) is 1. The molecule has 0 radical (unpaired) electrons. The van der Waals surface area contributed by atoms with E-state index in [-0.39, 0.29) is 11.9 Å². The molecule has 6 heteroatoms. The van der Waals surface area contributed by atoms with Gasteiger partial charge in [-0.2, -0.15) is 0 Å². The second kappa shape index (κ2) is 8.86. The molecule has 3 atom stereocenters. The van der Waals surface area contributed by atoms with Crippen molar-refractivity contribution in [3.05, 3.63) is 60.3 Å². The van der Waals surface area contributed by atoms with E-state index in [2.05, 4.69) is 27.8 Å². The number of nitrogens with one attached hydrogen (secondary N) is 3. The van der Waals surface area contributed by atoms with E-state index < -0.39 is 5.54 Å². The molecule has 0 spiro atoms. The van der Waals surface area contributed by atoms with Crippen LogP contribution in [0.3, 0.4) is 0 Å². The van der Waals surface area contributed by atoms with Crippen molar-refractivity contribution in [3.63, 3.8) is 0 Å². The van der Waals surface area contributed by atoms with Crippen LogP contribution in [-0.2, 0) is 11.2 Å². The van der Waals surface area contributed by atoms with Crippen LogP contribution in [0.25, 0.3) is 0 Å². The van der Waals surface area contributed by atoms with E-state index in [9.17, 15) is 4.79 Å². The smallest absolute Gasteiger partial charge is 0.254 e. The van der Waals surface area contributed by atoms with Gasteiger partial charge < -0.3 is 10.6 Å². The summed E-state index contributed by atoms with van der Waals surface area (Å²) in [5, 5.41) is 15.0. The molecule has 1 saturated carbocycles. The maximum absolute atomic E-state index is 13.2. The number of hydrogen-bond donors (Lipinski definition) is 3. The van der Waals surface area contributed by atoms with E-state index in [1.165, 1.54) is 10.5 Å². The average Bonchev–Trinajstić information content (AvgIpc) is 2.98. The van der Waals surface area contributed by atoms with E-state index in [0.29, 0.717) is 18.4 Å². The summed E-state index contributed by atoms with van der Waals surface area (Å²) in [4.78, 5) is 19.1. The van der Waals surface area contributed by atoms with E-state index >= 15 is 0 Å². The number of aromatic nitrogens is 1. The van der Waals surface area contributed by atoms with Gasteiger partial charge in [0.25, 0.3) is 5.91 Å². The van der Waals surface area contributed by atoms with Crippen LogP contribution in [0, 0.1) is 11.3 Å². The maximum atomic E-state index is 13.2. The fourth-order valence-electron chi connectivity index (χ4n) is 4.96. The molecule has 3 N–H and O–H groups in total. The average molecular weight is 406 g/mol. The summed E-state index contributed by atoms with van der Waals surface area (Å²) in [6.45, 7) is 0. The van der Waals surface area contributed by atoms with Crippen molar-refractivity contribution in [1.29, 1.82) is 5.41 Å². The van der Waals surface area contributed by atoms with E-state index in [0.717, 1.165) is 44.3 Å². The van der Waals surface area contributed by atoms with Gasteiger partial charge in [0.05, 0.1) is 0 Å². The van der Waals surface area contributed by atoms with Crippen LogP contribution >= 0.6 is 0 Å². The largest absolute Gasteiger partial charge is 0.367 e. The molecule has 1 aromatic heterocycles. The quantitative estimate of drug-likeness (QED) is 0.654. The normalized spacial score (nSPS) is 26.5. The van der Waals surface area contributed by atoms with Crippen molar-refractivity contribution < 1.29 is 4.79 Å². The van der Waals surface area contributed by atoms with Gasteiger partial charge in [-0.1, -0.05) is 49.2 Å². The molecule has 2 heterocycles. The molecule has 1 saturated heterocycles. The number of carbonyl (C=O) groups excluding carboxylic acids is 1. The Bertz CT molecular complexity index is 872. The predicted octanol–water partition coefficient (Wildman–Crippen LogP) is 3.81. The van der Waals surface area contributed by atoms with Crippen molar-refractivity contribution in [2.24, 2.45) is 5.92 Å². The lowest BCUT2D eigenvalue weighted by atomic mass is 9.75. The number of guanidine groups is 1. The highest BCUT2D eigenvalue weighted by Gasteiger charge is 2.49. The minimum atomic E-state index is -0.681. The Morgan fingerprint density at radius 1 is 1.20 bits per heavy atom. The maximum Gasteiger partial charge on any atom is 0.254 e. The van der Waals surface area contributed by atoms with Gasteiger partial charge in [0.1, 0.15) is 11.4 Å². The first-order valence-corrected chi connectivity index (χ1v) is 10.9. The highest BCUT2D eigenvalue weighted by Crippen LogP contribution is 2.36. The first kappa shape index (κ1) is 20.4. The summed E-state index contributed by atoms with van der Waals surface area (Å²) >= 11 is 0. The number of aryl methyl sites for hydroxylation is 1. The van der Waals surface area contributed by atoms with Crippen molar-refractivity contribution in [2.45, 2.75) is 56.5 Å². The zero-order valence-electron chi connectivity index (χ0n) is 17.6. The van der Waals surface area contributed by atoms with Gasteiger partial charge in [-0.05, 0) is 55.7 Å². The zero-order valence-corrected chi connectivity index (χ0v) is 17.6. The lowest BCUT2D eigenvalue weighted by Crippen LogP contribution is -2.49. The van der Waals surface area contributed by atoms with Crippen LogP contribution in [0.2, 0.25) is 0 Å². The number of carbonyl (C=O) groups is 1. The van der Waals surface area contributed by atoms with E-state index in [1.807, 2.05) is 42.6 Å². The molecule has 6 nitrogen and oxygen atoms in total. The Morgan fingerprint density at radius 3 is 2.70 bits per heavy atom. The van der Waals surface area contributed by atoms with Crippen LogP contribution in [-0.4, -0.2) is 40.4 Å². The summed E-state index contributed by atoms with van der Waals surface area (Å²) in [6, 6.07) is 16.6. The number of pyridine rings is 1. The Balaban J connectivity index is 1.46. The van der Waals surface area contributed by atoms with Crippen LogP contribution < -0.4 is 10.6 Å². The number of hydrogen-bond acceptors (Lipinski definition) is 4. The summed E-state index contributed by atoms with van der Waals surface area (Å²) in [5.41, 5.74) is 0.546. The molecule has 1 aromatic carbocycles. The van der Waals surface area contributed by atoms with Crippen LogP contribution in [0.1, 0.15) is 44.1 Å². The Morgan fingerprint density at radius 2 is 2.00 bits per heavy atom. The summed E-state index contributed by atoms with van der Waals surface area (Å²) in [5.74, 6) is 1.60. The molecule has 0 unspecified atom stereocenters. The lowest BCUT2D eigenvalue weighted by Gasteiger charge is -2.36. The standard InChI is InChI=1S/C24H31N5O/c1-29-22(30)24(28-23(29)25,14-13-18-8-3-2-4-9-18)17-19-10-7-11-20(16-19)27-21-12-5-6-15-26-21/h2-6,8-9,12,15,19-20H,7,10-11,13-14,16-17H2,1H3,(H2,25,28)(H,26,27)/t19-,20+,24+/m0/s1. The third-order valence-electron chi connectivity index (χ3n) is 6.53. The Labute approximate surface area is 178 Å². The fraction of sp³-hybridized carbons (Fsp3) is 0.458. The summed E-state index contributed by atoms with van der Waals surface area (Å²) in [6.07, 6.45) is 8.53. The van der Waals surface area contributed by atoms with Crippen LogP contribution in [0.5, 0.6) is 0 Å². The summed E-state index contributed by atoms with van der Waals surface area (Å²) in [7, 11) is 1.70. The Hall–Kier alpha value is -2.89. The molecule has 30 heavy (non-hydrogen) atoms. The second-order valence-corrected chi connectivity index (χ2v) is 8.70. The van der Waals surface area contributed by atoms with Crippen molar-refractivity contribution in [2.75, 3.05) is 12.4 Å². The number of amides is 1. The highest BCUT2D eigenvalue weighted by molar-refractivity contribution is 6.07. The van der Waals surface area contributed by atoms with Gasteiger partial charge in [-0.15, -0.1) is 0 Å². The molecule has 0 bridgehead atoms. The summed E-state index contributed by atoms with van der Waals surface area (Å²) < 4.78 is 0. The third kappa shape index (κ3) is 4.48. The number of rotatable bonds is 7. The SMILES string of the molecule is CN1C(=N)N[C@](CCc2ccccc2)(C[C@H]2CCC[C@@H](Nc3ccccn3)C2)C1=O. The number of anilines is 1. The molecular formula is C24H31N5O. The number of benzene rings is 1. The van der Waals surface area contributed by atoms with Gasteiger partial charge in [-0.25, -0.2) is 4.98 Å². The molecule has 2 aromatic rings. The fourth-order valence-corrected chi connectivity index (χ4v) is 4.96. The lowest BCUT2D eigenvalue weighted by molar-refractivity contribution is -0.131. The van der Waals surface area contributed by atoms with Gasteiger partial charge >= 0.3 is 0 Å². The molecule has 2 fully saturated rings. The van der Waals surface area contributed by atoms with Crippen LogP contribution in [0.4, 0.5) is 5.82 Å². The monoisotopic (exact) mass is 405 g/mol. The molecule has 1 amide bonds. The van der Waals surface area contributed by atoms with E-state index in [1.54, 1.807) is 7.05 Å². The van der Waals surface area contributed by atoms with Gasteiger partial charge in [0.15, 0.2) is 5.96 Å². The first-order chi connectivity index (χ1) is 14.6. The zero-order chi connectivity index (χ0) is 21.0. The molecule has 158 valence electrons. The second-order valence-electron chi connectivity index (χ2n) is 8.70. The first-order valence-electron chi connectivity index (χ1n) is 10.9. The predicted molar refractivity (Wildman–Crippen MR) is 119 cm³/mol. The van der Waals surface area contributed by atoms with Crippen LogP contribution in [0.15, 0.2) is 54.7 Å². The van der Waals surface area contributed by atoms with Gasteiger partial charge in [0.2, 0.25) is 0 Å². The molecule has 4 rings (SSSR count). The molecule has 1 aliphatic carbocycles. The molecule has 2 aliphatic rings. The topological polar surface area (TPSA) is 81.1 Å². The van der Waals surface area contributed by atoms with Gasteiger partial charge in [-0.3, -0.25) is 15.1 Å². The van der Waals surface area contributed by atoms with Crippen molar-refractivity contribution in [1.82, 2.24) is 15.2 Å². The van der Waals surface area contributed by atoms with E-state index in [4.69, 9.17) is 5.41 Å². The van der Waals surface area contributed by atoms with Crippen molar-refractivity contribution >= 4 is 17.7 Å².